The topological polar surface area (TPSA) is 46.6 Å². The molecule has 1 unspecified atom stereocenters. The van der Waals surface area contributed by atoms with Crippen LogP contribution in [0.15, 0.2) is 30.3 Å². The fraction of sp³-hybridized carbons (Fsp3) is 0.375. The van der Waals surface area contributed by atoms with Crippen LogP contribution in [0, 0.1) is 12.8 Å². The first-order valence-corrected chi connectivity index (χ1v) is 6.51. The maximum Gasteiger partial charge on any atom is 0.310 e. The van der Waals surface area contributed by atoms with Crippen LogP contribution in [0.25, 0.3) is 6.08 Å². The molecule has 0 heterocycles. The summed E-state index contributed by atoms with van der Waals surface area (Å²) in [5.41, 5.74) is 2.15. The molecule has 0 bridgehead atoms. The number of hydrogen-bond acceptors (Lipinski definition) is 3. The van der Waals surface area contributed by atoms with Crippen molar-refractivity contribution in [2.75, 3.05) is 20.7 Å². The van der Waals surface area contributed by atoms with Crippen LogP contribution in [-0.2, 0) is 14.3 Å². The average molecular weight is 275 g/mol. The number of ether oxygens (including phenoxy) is 1. The highest BCUT2D eigenvalue weighted by Gasteiger charge is 2.17. The van der Waals surface area contributed by atoms with Gasteiger partial charge in [-0.2, -0.15) is 0 Å². The first-order chi connectivity index (χ1) is 9.43. The van der Waals surface area contributed by atoms with E-state index in [1.807, 2.05) is 31.2 Å². The Morgan fingerprint density at radius 2 is 1.90 bits per heavy atom. The van der Waals surface area contributed by atoms with E-state index in [-0.39, 0.29) is 17.8 Å². The van der Waals surface area contributed by atoms with Crippen LogP contribution in [0.2, 0.25) is 0 Å². The third-order valence-electron chi connectivity index (χ3n) is 3.02. The molecule has 108 valence electrons. The van der Waals surface area contributed by atoms with E-state index in [1.54, 1.807) is 20.0 Å². The van der Waals surface area contributed by atoms with Crippen LogP contribution in [0.1, 0.15) is 18.1 Å². The average Bonchev–Trinajstić information content (AvgIpc) is 2.45. The van der Waals surface area contributed by atoms with Gasteiger partial charge in [-0.3, -0.25) is 9.59 Å². The summed E-state index contributed by atoms with van der Waals surface area (Å²) in [5.74, 6) is -0.782. The van der Waals surface area contributed by atoms with Crippen molar-refractivity contribution in [2.45, 2.75) is 13.8 Å². The molecule has 0 aliphatic heterocycles. The summed E-state index contributed by atoms with van der Waals surface area (Å²) in [6.07, 6.45) is 3.27. The van der Waals surface area contributed by atoms with Gasteiger partial charge in [0.05, 0.1) is 13.0 Å². The molecule has 0 aliphatic rings. The minimum absolute atomic E-state index is 0.138. The summed E-state index contributed by atoms with van der Waals surface area (Å²) >= 11 is 0. The number of methoxy groups -OCH3 is 1. The maximum atomic E-state index is 11.9. The van der Waals surface area contributed by atoms with Crippen molar-refractivity contribution in [1.29, 1.82) is 0 Å². The molecule has 20 heavy (non-hydrogen) atoms. The van der Waals surface area contributed by atoms with Crippen molar-refractivity contribution in [2.24, 2.45) is 5.92 Å². The molecule has 0 fully saturated rings. The number of amides is 1. The Morgan fingerprint density at radius 3 is 2.45 bits per heavy atom. The Labute approximate surface area is 120 Å². The molecular weight excluding hydrogens is 254 g/mol. The Bertz CT molecular complexity index is 491. The molecule has 0 saturated carbocycles. The molecule has 0 N–H and O–H groups in total. The lowest BCUT2D eigenvalue weighted by Crippen LogP contribution is -2.33. The number of likely N-dealkylation sites (N-methyl/N-ethyl adjacent to an activating group) is 1. The highest BCUT2D eigenvalue weighted by Crippen LogP contribution is 2.06. The summed E-state index contributed by atoms with van der Waals surface area (Å²) in [4.78, 5) is 24.7. The molecule has 4 heteroatoms. The molecular formula is C16H21NO3. The number of rotatable bonds is 5. The van der Waals surface area contributed by atoms with Gasteiger partial charge in [0.2, 0.25) is 5.91 Å². The SMILES string of the molecule is COC(=O)C(C)CN(C)C(=O)C=Cc1ccc(C)cc1. The zero-order chi connectivity index (χ0) is 15.1. The third kappa shape index (κ3) is 4.88. The lowest BCUT2D eigenvalue weighted by Gasteiger charge is -2.18. The van der Waals surface area contributed by atoms with Crippen molar-refractivity contribution < 1.29 is 14.3 Å². The van der Waals surface area contributed by atoms with Gasteiger partial charge in [-0.25, -0.2) is 0 Å². The molecule has 1 amide bonds. The monoisotopic (exact) mass is 275 g/mol. The Morgan fingerprint density at radius 1 is 1.30 bits per heavy atom. The van der Waals surface area contributed by atoms with E-state index >= 15 is 0 Å². The molecule has 0 saturated heterocycles. The van der Waals surface area contributed by atoms with Gasteiger partial charge < -0.3 is 9.64 Å². The lowest BCUT2D eigenvalue weighted by atomic mass is 10.1. The van der Waals surface area contributed by atoms with Gasteiger partial charge in [0.15, 0.2) is 0 Å². The summed E-state index contributed by atoms with van der Waals surface area (Å²) in [7, 11) is 3.01. The quantitative estimate of drug-likeness (QED) is 0.612. The van der Waals surface area contributed by atoms with Crippen LogP contribution >= 0.6 is 0 Å². The van der Waals surface area contributed by atoms with Crippen LogP contribution in [0.5, 0.6) is 0 Å². The van der Waals surface area contributed by atoms with E-state index < -0.39 is 0 Å². The van der Waals surface area contributed by atoms with Gasteiger partial charge in [-0.05, 0) is 18.6 Å². The lowest BCUT2D eigenvalue weighted by molar-refractivity contribution is -0.145. The van der Waals surface area contributed by atoms with Crippen LogP contribution in [0.4, 0.5) is 0 Å². The number of hydrogen-bond donors (Lipinski definition) is 0. The molecule has 1 atom stereocenters. The number of nitrogens with zero attached hydrogens (tertiary/aromatic N) is 1. The van der Waals surface area contributed by atoms with Gasteiger partial charge in [-0.15, -0.1) is 0 Å². The molecule has 1 aromatic rings. The van der Waals surface area contributed by atoms with E-state index in [0.717, 1.165) is 5.56 Å². The largest absolute Gasteiger partial charge is 0.469 e. The van der Waals surface area contributed by atoms with E-state index in [0.29, 0.717) is 6.54 Å². The minimum atomic E-state index is -0.332. The highest BCUT2D eigenvalue weighted by molar-refractivity contribution is 5.91. The molecule has 1 rings (SSSR count). The third-order valence-corrected chi connectivity index (χ3v) is 3.02. The predicted octanol–water partition coefficient (Wildman–Crippen LogP) is 2.28. The molecule has 4 nitrogen and oxygen atoms in total. The van der Waals surface area contributed by atoms with Gasteiger partial charge in [0.1, 0.15) is 0 Å². The minimum Gasteiger partial charge on any atom is -0.469 e. The zero-order valence-electron chi connectivity index (χ0n) is 12.4. The molecule has 0 aromatic heterocycles. The summed E-state index contributed by atoms with van der Waals surface area (Å²) in [6, 6.07) is 7.90. The first-order valence-electron chi connectivity index (χ1n) is 6.51. The highest BCUT2D eigenvalue weighted by atomic mass is 16.5. The molecule has 0 aliphatic carbocycles. The van der Waals surface area contributed by atoms with Gasteiger partial charge in [0.25, 0.3) is 0 Å². The normalized spacial score (nSPS) is 12.2. The van der Waals surface area contributed by atoms with Gasteiger partial charge in [-0.1, -0.05) is 36.8 Å². The Kier molecular flexibility index (Phi) is 5.97. The molecule has 1 aromatic carbocycles. The van der Waals surface area contributed by atoms with Crippen LogP contribution in [0.3, 0.4) is 0 Å². The fourth-order valence-corrected chi connectivity index (χ4v) is 1.75. The van der Waals surface area contributed by atoms with Crippen molar-refractivity contribution in [3.05, 3.63) is 41.5 Å². The number of aryl methyl sites for hydroxylation is 1. The second-order valence-corrected chi connectivity index (χ2v) is 4.89. The molecule has 0 spiro atoms. The second kappa shape index (κ2) is 7.48. The Balaban J connectivity index is 2.57. The van der Waals surface area contributed by atoms with E-state index in [1.165, 1.54) is 23.6 Å². The Hall–Kier alpha value is -2.10. The fourth-order valence-electron chi connectivity index (χ4n) is 1.75. The van der Waals surface area contributed by atoms with E-state index in [4.69, 9.17) is 0 Å². The molecule has 0 radical (unpaired) electrons. The number of carbonyl (C=O) groups excluding carboxylic acids is 2. The number of carbonyl (C=O) groups is 2. The van der Waals surface area contributed by atoms with E-state index in [9.17, 15) is 9.59 Å². The zero-order valence-corrected chi connectivity index (χ0v) is 12.4. The smallest absolute Gasteiger partial charge is 0.310 e. The van der Waals surface area contributed by atoms with E-state index in [2.05, 4.69) is 4.74 Å². The first kappa shape index (κ1) is 16.0. The predicted molar refractivity (Wildman–Crippen MR) is 79.0 cm³/mol. The summed E-state index contributed by atoms with van der Waals surface area (Å²) in [5, 5.41) is 0. The maximum absolute atomic E-state index is 11.9. The van der Waals surface area contributed by atoms with Crippen LogP contribution < -0.4 is 0 Å². The van der Waals surface area contributed by atoms with Crippen molar-refractivity contribution in [3.63, 3.8) is 0 Å². The van der Waals surface area contributed by atoms with Gasteiger partial charge >= 0.3 is 5.97 Å². The summed E-state index contributed by atoms with van der Waals surface area (Å²) in [6.45, 7) is 4.09. The van der Waals surface area contributed by atoms with Crippen molar-refractivity contribution in [3.8, 4) is 0 Å². The second-order valence-electron chi connectivity index (χ2n) is 4.89. The van der Waals surface area contributed by atoms with Crippen molar-refractivity contribution >= 4 is 18.0 Å². The van der Waals surface area contributed by atoms with Crippen molar-refractivity contribution in [1.82, 2.24) is 4.90 Å². The number of esters is 1. The van der Waals surface area contributed by atoms with Gasteiger partial charge in [0, 0.05) is 19.7 Å². The standard InChI is InChI=1S/C16H21NO3/c1-12-5-7-14(8-6-12)9-10-15(18)17(3)11-13(2)16(19)20-4/h5-10,13H,11H2,1-4H3. The summed E-state index contributed by atoms with van der Waals surface area (Å²) < 4.78 is 4.64. The van der Waals surface area contributed by atoms with Crippen LogP contribution in [-0.4, -0.2) is 37.5 Å². The number of benzene rings is 1.